The van der Waals surface area contributed by atoms with Crippen LogP contribution < -0.4 is 81.8 Å². The molecule has 4 atom stereocenters. The predicted molar refractivity (Wildman–Crippen MR) is 518 cm³/mol. The van der Waals surface area contributed by atoms with E-state index >= 15 is 0 Å². The second-order valence-corrected chi connectivity index (χ2v) is 30.9. The highest BCUT2D eigenvalue weighted by molar-refractivity contribution is 7.93. The van der Waals surface area contributed by atoms with Crippen molar-refractivity contribution < 1.29 is 59.4 Å². The van der Waals surface area contributed by atoms with E-state index in [0.29, 0.717) is 235 Å². The van der Waals surface area contributed by atoms with Crippen molar-refractivity contribution in [2.75, 3.05) is 79.1 Å². The van der Waals surface area contributed by atoms with Crippen molar-refractivity contribution in [2.24, 2.45) is 5.73 Å². The lowest BCUT2D eigenvalue weighted by atomic mass is 10.1. The summed E-state index contributed by atoms with van der Waals surface area (Å²) in [6.45, 7) is 18.2. The number of nitrogens with zero attached hydrogens (tertiary/aromatic N) is 16. The van der Waals surface area contributed by atoms with Gasteiger partial charge in [0, 0.05) is 124 Å². The number of methoxy groups -OCH3 is 8. The van der Waals surface area contributed by atoms with Crippen molar-refractivity contribution in [3.8, 4) is 91.5 Å². The van der Waals surface area contributed by atoms with Crippen LogP contribution in [-0.4, -0.2) is 182 Å². The van der Waals surface area contributed by atoms with Gasteiger partial charge in [0.2, 0.25) is 0 Å². The molecule has 16 aromatic heterocycles. The third-order valence-corrected chi connectivity index (χ3v) is 22.1. The molecule has 44 nitrogen and oxygen atoms in total. The summed E-state index contributed by atoms with van der Waals surface area (Å²) in [5, 5.41) is 28.8. The number of ether oxygens (including phenoxy) is 8. The van der Waals surface area contributed by atoms with Gasteiger partial charge in [-0.25, -0.2) is 39.9 Å². The molecule has 0 spiro atoms. The average molecular weight is 1940 g/mol. The second-order valence-electron chi connectivity index (χ2n) is 30.2. The molecule has 137 heavy (non-hydrogen) atoms. The Morgan fingerprint density at radius 3 is 0.825 bits per heavy atom. The Kier molecular flexibility index (Phi) is 30.0. The van der Waals surface area contributed by atoms with Crippen LogP contribution in [0.5, 0.6) is 46.0 Å². The van der Waals surface area contributed by atoms with Gasteiger partial charge in [-0.1, -0.05) is 11.6 Å². The maximum atomic E-state index is 13.3. The molecule has 2 unspecified atom stereocenters. The van der Waals surface area contributed by atoms with Crippen LogP contribution in [-0.2, 0) is 26.2 Å². The zero-order valence-corrected chi connectivity index (χ0v) is 79.4. The van der Waals surface area contributed by atoms with E-state index in [9.17, 15) is 23.1 Å². The minimum atomic E-state index is -0.337. The minimum absolute atomic E-state index is 0. The molecule has 13 N–H and O–H groups in total. The van der Waals surface area contributed by atoms with E-state index in [1.165, 1.54) is 31.8 Å². The van der Waals surface area contributed by atoms with Gasteiger partial charge in [-0.15, -0.1) is 12.4 Å². The van der Waals surface area contributed by atoms with Crippen LogP contribution in [0.25, 0.3) is 134 Å². The molecule has 0 radical (unpaired) electrons. The molecule has 0 bridgehead atoms. The van der Waals surface area contributed by atoms with Crippen molar-refractivity contribution in [2.45, 2.75) is 106 Å². The number of nitrogens with two attached hydrogens (primary N) is 1. The number of hydrogen-bond acceptors (Lipinski definition) is 33. The van der Waals surface area contributed by atoms with Gasteiger partial charge in [-0.2, -0.15) is 24.3 Å². The van der Waals surface area contributed by atoms with Crippen molar-refractivity contribution in [3.05, 3.63) is 193 Å². The molecule has 0 saturated carbocycles. The second kappa shape index (κ2) is 42.4. The number of nitrogens with one attached hydrogen (secondary N) is 11. The number of aromatic nitrogens is 24. The van der Waals surface area contributed by atoms with Crippen molar-refractivity contribution in [1.29, 1.82) is 0 Å². The van der Waals surface area contributed by atoms with Gasteiger partial charge in [0.15, 0.2) is 71.6 Å². The smallest absolute Gasteiger partial charge is 0.261 e. The molecule has 0 aliphatic heterocycles. The lowest BCUT2D eigenvalue weighted by molar-refractivity contribution is 0.356. The highest BCUT2D eigenvalue weighted by Crippen LogP contribution is 2.42. The first kappa shape index (κ1) is 96.9. The number of pyridine rings is 4. The highest BCUT2D eigenvalue weighted by Gasteiger charge is 2.29. The lowest BCUT2D eigenvalue weighted by Crippen LogP contribution is -2.16. The van der Waals surface area contributed by atoms with Crippen LogP contribution in [0.4, 0.5) is 20.9 Å². The summed E-state index contributed by atoms with van der Waals surface area (Å²) in [7, 11) is 12.5. The molecule has 4 aromatic carbocycles. The number of rotatable bonds is 26. The molecule has 16 heterocycles. The number of imidazole rings is 4. The van der Waals surface area contributed by atoms with Gasteiger partial charge in [-0.3, -0.25) is 37.9 Å². The average Bonchev–Trinajstić information content (AvgIpc) is 1.62. The number of aromatic amines is 8. The summed E-state index contributed by atoms with van der Waals surface area (Å²) in [4.78, 5) is 112. The summed E-state index contributed by atoms with van der Waals surface area (Å²) in [5.74, 6) is 5.97. The van der Waals surface area contributed by atoms with Crippen LogP contribution in [0.3, 0.4) is 0 Å². The third kappa shape index (κ3) is 20.1. The van der Waals surface area contributed by atoms with Gasteiger partial charge in [-0.05, 0) is 55.4 Å². The van der Waals surface area contributed by atoms with Crippen LogP contribution in [0.1, 0.15) is 102 Å². The summed E-state index contributed by atoms with van der Waals surface area (Å²) in [6.07, 6.45) is 20.3. The van der Waals surface area contributed by atoms with Crippen LogP contribution in [0, 0.1) is 0 Å². The zero-order chi connectivity index (χ0) is 96.4. The standard InChI is InChI=1S/3C22H23N7O4.C17H16ClN5O3.C5H8N2O.CH3FS.ClH/c3*1-5-29-8-14-19(28-29)20(24-11(2)15-9-33-10-23-15)18(22(30)27-14)21-25-12-6-16(31-3)17(32-4)7-13(12)26-21;1-4-23-7-10-15(22-23)14(18)13(17(24)21-10)16-19-8-5-11(25-2)12(26-3)6-9(8)20-16;1-4(6)5-2-8-3-7-5;1-3-2;/h3*6-11,24H,5H2,1-4H3,(H,25,26)(H,27,30);5-7H,4H2,1-3H3,(H,19,20)(H,21,24);2-4H,6H2,1H3;1H3;1H/t2*11-;;;;;/m10...../s1. The molecular formula is C89H97Cl2FN28O16S. The number of fused-ring (bicyclic) bond motifs is 8. The first-order valence-corrected chi connectivity index (χ1v) is 43.7. The Morgan fingerprint density at radius 1 is 0.372 bits per heavy atom. The molecular weight excluding hydrogens is 1840 g/mol. The largest absolute Gasteiger partial charge is 0.493 e. The van der Waals surface area contributed by atoms with E-state index in [-0.39, 0.29) is 81.5 Å². The van der Waals surface area contributed by atoms with Gasteiger partial charge in [0.1, 0.15) is 110 Å². The minimum Gasteiger partial charge on any atom is -0.493 e. The fourth-order valence-electron chi connectivity index (χ4n) is 14.8. The molecule has 48 heteroatoms. The van der Waals surface area contributed by atoms with Crippen molar-refractivity contribution in [1.82, 2.24) is 119 Å². The Hall–Kier alpha value is -16.1. The topological polar surface area (TPSA) is 558 Å². The Morgan fingerprint density at radius 2 is 0.599 bits per heavy atom. The molecule has 0 aliphatic rings. The Labute approximate surface area is 790 Å². The number of H-pyrrole nitrogens is 8. The number of anilines is 3. The third-order valence-electron chi connectivity index (χ3n) is 21.7. The molecule has 20 aromatic rings. The number of halogens is 3. The predicted octanol–water partition coefficient (Wildman–Crippen LogP) is 15.7. The van der Waals surface area contributed by atoms with E-state index in [2.05, 4.69) is 121 Å². The lowest BCUT2D eigenvalue weighted by Gasteiger charge is -2.15. The van der Waals surface area contributed by atoms with Crippen LogP contribution in [0.15, 0.2) is 161 Å². The normalized spacial score (nSPS) is 12.0. The molecule has 0 amide bonds. The van der Waals surface area contributed by atoms with E-state index in [4.69, 9.17) is 68.5 Å². The first-order chi connectivity index (χ1) is 65.8. The highest BCUT2D eigenvalue weighted by atomic mass is 35.5. The van der Waals surface area contributed by atoms with Crippen molar-refractivity contribution >= 4 is 141 Å². The molecule has 20 rings (SSSR count). The maximum Gasteiger partial charge on any atom is 0.261 e. The van der Waals surface area contributed by atoms with Crippen molar-refractivity contribution in [3.63, 3.8) is 0 Å². The molecule has 0 fully saturated rings. The van der Waals surface area contributed by atoms with E-state index in [1.54, 1.807) is 174 Å². The first-order valence-electron chi connectivity index (χ1n) is 42.2. The fourth-order valence-corrected chi connectivity index (χ4v) is 15.1. The number of hydrogen-bond donors (Lipinski definition) is 12. The van der Waals surface area contributed by atoms with Gasteiger partial charge < -0.3 is 117 Å². The zero-order valence-electron chi connectivity index (χ0n) is 77.0. The number of aryl methyl sites for hydroxylation is 4. The van der Waals surface area contributed by atoms with E-state index in [0.717, 1.165) is 5.69 Å². The maximum absolute atomic E-state index is 13.3. The number of oxazole rings is 4. The molecule has 0 aliphatic carbocycles. The fraction of sp³-hybridized carbons (Fsp3) is 0.281. The molecule has 716 valence electrons. The van der Waals surface area contributed by atoms with Crippen LogP contribution in [0.2, 0.25) is 5.02 Å². The summed E-state index contributed by atoms with van der Waals surface area (Å²) >= 11 is 6.74. The van der Waals surface area contributed by atoms with Gasteiger partial charge >= 0.3 is 0 Å². The van der Waals surface area contributed by atoms with Gasteiger partial charge in [0.25, 0.3) is 22.2 Å². The van der Waals surface area contributed by atoms with Gasteiger partial charge in [0.05, 0.1) is 169 Å². The Bertz CT molecular complexity index is 7140. The van der Waals surface area contributed by atoms with E-state index in [1.807, 2.05) is 55.4 Å². The molecule has 0 saturated heterocycles. The Balaban J connectivity index is 0.000000141. The summed E-state index contributed by atoms with van der Waals surface area (Å²) < 4.78 is 80.2. The number of benzene rings is 4. The SMILES string of the molecule is CC(N)c1cocn1.CCn1cc2[nH]c(=O)c(-c3nc4cc(OC)c(OC)cc4[nH]3)c(Cl)c2n1.CCn1cc2[nH]c(=O)c(-c3nc4cc(OC)c(OC)cc4[nH]3)c(NC(C)c3cocn3)c2n1.CCn1cc2[nH]c(=O)c(-c3nc4cc(OC)c(OC)cc4[nH]3)c(N[C@@H](C)c3cocn3)c2n1.CCn1cc2[nH]c(=O)c(-c3nc4cc(OC)c(OC)cc4[nH]3)c(N[C@H](C)c3cocn3)c2n1.CSF.Cl. The monoisotopic (exact) mass is 1930 g/mol. The summed E-state index contributed by atoms with van der Waals surface area (Å²) in [5.41, 5.74) is 20.2. The summed E-state index contributed by atoms with van der Waals surface area (Å²) in [6, 6.07) is 13.4. The van der Waals surface area contributed by atoms with Crippen LogP contribution >= 0.6 is 36.2 Å². The van der Waals surface area contributed by atoms with E-state index < -0.39 is 0 Å². The quantitative estimate of drug-likeness (QED) is 0.0239.